The van der Waals surface area contributed by atoms with Gasteiger partial charge in [-0.1, -0.05) is 0 Å². The lowest BCUT2D eigenvalue weighted by Gasteiger charge is -2.36. The summed E-state index contributed by atoms with van der Waals surface area (Å²) >= 11 is 3.30. The number of aliphatic hydroxyl groups is 1. The molecule has 6 heteroatoms. The van der Waals surface area contributed by atoms with Gasteiger partial charge in [0.2, 0.25) is 0 Å². The van der Waals surface area contributed by atoms with E-state index in [1.54, 1.807) is 23.1 Å². The highest BCUT2D eigenvalue weighted by Crippen LogP contribution is 2.22. The number of hydrogen-bond acceptors (Lipinski definition) is 4. The van der Waals surface area contributed by atoms with Gasteiger partial charge in [0.25, 0.3) is 5.91 Å². The van der Waals surface area contributed by atoms with E-state index in [-0.39, 0.29) is 24.7 Å². The van der Waals surface area contributed by atoms with Crippen LogP contribution in [0, 0.1) is 0 Å². The molecule has 104 valence electrons. The number of nitrogens with two attached hydrogens (primary N) is 1. The molecule has 2 atom stereocenters. The molecule has 0 aliphatic carbocycles. The number of amides is 1. The minimum Gasteiger partial charge on any atom is -0.398 e. The summed E-state index contributed by atoms with van der Waals surface area (Å²) in [6.07, 6.45) is -0.400. The largest absolute Gasteiger partial charge is 0.398 e. The summed E-state index contributed by atoms with van der Waals surface area (Å²) in [6.45, 7) is 2.72. The molecule has 1 aliphatic heterocycles. The Labute approximate surface area is 120 Å². The molecule has 1 aromatic carbocycles. The molecule has 19 heavy (non-hydrogen) atoms. The monoisotopic (exact) mass is 328 g/mol. The van der Waals surface area contributed by atoms with Crippen molar-refractivity contribution in [3.63, 3.8) is 0 Å². The van der Waals surface area contributed by atoms with Crippen LogP contribution in [0.25, 0.3) is 0 Å². The summed E-state index contributed by atoms with van der Waals surface area (Å²) < 4.78 is 6.29. The molecule has 0 saturated carbocycles. The summed E-state index contributed by atoms with van der Waals surface area (Å²) in [5.74, 6) is -0.0900. The third-order valence-corrected chi connectivity index (χ3v) is 3.78. The molecule has 2 unspecified atom stereocenters. The lowest BCUT2D eigenvalue weighted by atomic mass is 10.1. The predicted octanol–water partition coefficient (Wildman–Crippen LogP) is 1.25. The molecule has 1 saturated heterocycles. The maximum Gasteiger partial charge on any atom is 0.254 e. The van der Waals surface area contributed by atoms with Crippen molar-refractivity contribution in [2.75, 3.05) is 25.4 Å². The van der Waals surface area contributed by atoms with Crippen LogP contribution in [0.3, 0.4) is 0 Å². The van der Waals surface area contributed by atoms with Gasteiger partial charge in [0.15, 0.2) is 0 Å². The third-order valence-electron chi connectivity index (χ3n) is 3.06. The first-order valence-corrected chi connectivity index (χ1v) is 6.91. The fourth-order valence-corrected chi connectivity index (χ4v) is 2.42. The summed E-state index contributed by atoms with van der Waals surface area (Å²) in [4.78, 5) is 14.1. The van der Waals surface area contributed by atoms with Crippen molar-refractivity contribution in [3.8, 4) is 0 Å². The van der Waals surface area contributed by atoms with Crippen LogP contribution in [0.15, 0.2) is 22.7 Å². The van der Waals surface area contributed by atoms with Gasteiger partial charge in [-0.25, -0.2) is 0 Å². The molecule has 0 radical (unpaired) electrons. The van der Waals surface area contributed by atoms with E-state index in [0.29, 0.717) is 24.3 Å². The average Bonchev–Trinajstić information content (AvgIpc) is 2.40. The van der Waals surface area contributed by atoms with Crippen LogP contribution in [0.1, 0.15) is 17.3 Å². The number of benzene rings is 1. The predicted molar refractivity (Wildman–Crippen MR) is 75.9 cm³/mol. The highest BCUT2D eigenvalue weighted by molar-refractivity contribution is 9.10. The van der Waals surface area contributed by atoms with Crippen LogP contribution in [0.5, 0.6) is 0 Å². The third kappa shape index (κ3) is 3.26. The molecule has 5 nitrogen and oxygen atoms in total. The number of nitrogens with zero attached hydrogens (tertiary/aromatic N) is 1. The van der Waals surface area contributed by atoms with Crippen molar-refractivity contribution in [1.82, 2.24) is 4.90 Å². The van der Waals surface area contributed by atoms with Gasteiger partial charge in [0.05, 0.1) is 18.8 Å². The molecule has 0 spiro atoms. The van der Waals surface area contributed by atoms with Gasteiger partial charge >= 0.3 is 0 Å². The van der Waals surface area contributed by atoms with Gasteiger partial charge < -0.3 is 20.5 Å². The maximum absolute atomic E-state index is 12.4. The lowest BCUT2D eigenvalue weighted by Crippen LogP contribution is -2.50. The molecular weight excluding hydrogens is 312 g/mol. The zero-order valence-electron chi connectivity index (χ0n) is 10.7. The smallest absolute Gasteiger partial charge is 0.254 e. The quantitative estimate of drug-likeness (QED) is 0.801. The van der Waals surface area contributed by atoms with Crippen LogP contribution < -0.4 is 5.73 Å². The molecule has 0 bridgehead atoms. The molecule has 1 amide bonds. The minimum absolute atomic E-state index is 0.0809. The maximum atomic E-state index is 12.4. The summed E-state index contributed by atoms with van der Waals surface area (Å²) in [6, 6.07) is 5.15. The molecule has 1 aliphatic rings. The fraction of sp³-hybridized carbons (Fsp3) is 0.462. The Hall–Kier alpha value is -1.11. The van der Waals surface area contributed by atoms with Crippen LogP contribution in [0.2, 0.25) is 0 Å². The Morgan fingerprint density at radius 1 is 1.58 bits per heavy atom. The highest BCUT2D eigenvalue weighted by Gasteiger charge is 2.28. The van der Waals surface area contributed by atoms with Crippen LogP contribution in [-0.2, 0) is 4.74 Å². The molecule has 1 heterocycles. The van der Waals surface area contributed by atoms with Gasteiger partial charge in [-0.05, 0) is 41.1 Å². The lowest BCUT2D eigenvalue weighted by molar-refractivity contribution is -0.0858. The summed E-state index contributed by atoms with van der Waals surface area (Å²) in [7, 11) is 0. The Morgan fingerprint density at radius 2 is 2.32 bits per heavy atom. The van der Waals surface area contributed by atoms with E-state index in [0.717, 1.165) is 4.47 Å². The number of morpholine rings is 1. The van der Waals surface area contributed by atoms with Crippen molar-refractivity contribution < 1.29 is 14.6 Å². The summed E-state index contributed by atoms with van der Waals surface area (Å²) in [5.41, 5.74) is 6.87. The first-order chi connectivity index (χ1) is 9.01. The Kier molecular flexibility index (Phi) is 4.44. The number of carbonyl (C=O) groups excluding carboxylic acids is 1. The number of rotatable bonds is 2. The molecule has 0 aromatic heterocycles. The molecule has 1 fully saturated rings. The average molecular weight is 329 g/mol. The van der Waals surface area contributed by atoms with Gasteiger partial charge in [-0.15, -0.1) is 0 Å². The molecule has 1 aromatic rings. The van der Waals surface area contributed by atoms with Gasteiger partial charge in [0.1, 0.15) is 0 Å². The first kappa shape index (κ1) is 14.3. The zero-order chi connectivity index (χ0) is 14.0. The number of anilines is 1. The van der Waals surface area contributed by atoms with E-state index in [2.05, 4.69) is 15.9 Å². The van der Waals surface area contributed by atoms with Gasteiger partial charge in [-0.2, -0.15) is 0 Å². The van der Waals surface area contributed by atoms with E-state index >= 15 is 0 Å². The second kappa shape index (κ2) is 5.90. The normalized spacial score (nSPS) is 23.4. The fourth-order valence-electron chi connectivity index (χ4n) is 2.17. The second-order valence-electron chi connectivity index (χ2n) is 4.70. The van der Waals surface area contributed by atoms with E-state index < -0.39 is 0 Å². The van der Waals surface area contributed by atoms with E-state index in [1.165, 1.54) is 0 Å². The van der Waals surface area contributed by atoms with Gasteiger partial charge in [-0.3, -0.25) is 4.79 Å². The summed E-state index contributed by atoms with van der Waals surface area (Å²) in [5, 5.41) is 9.17. The van der Waals surface area contributed by atoms with Crippen LogP contribution in [-0.4, -0.2) is 47.8 Å². The Bertz CT molecular complexity index is 481. The molecular formula is C13H17BrN2O3. The van der Waals surface area contributed by atoms with E-state index in [9.17, 15) is 9.90 Å². The van der Waals surface area contributed by atoms with Gasteiger partial charge in [0, 0.05) is 28.8 Å². The van der Waals surface area contributed by atoms with Crippen LogP contribution in [0.4, 0.5) is 5.69 Å². The van der Waals surface area contributed by atoms with Crippen LogP contribution >= 0.6 is 15.9 Å². The van der Waals surface area contributed by atoms with E-state index in [4.69, 9.17) is 10.5 Å². The van der Waals surface area contributed by atoms with Crippen molar-refractivity contribution in [2.24, 2.45) is 0 Å². The standard InChI is InChI=1S/C13H17BrN2O3/c1-8-5-16(6-10(7-17)19-8)13(18)9-2-3-11(14)12(15)4-9/h2-4,8,10,17H,5-7,15H2,1H3. The zero-order valence-corrected chi connectivity index (χ0v) is 12.3. The van der Waals surface area contributed by atoms with Crippen molar-refractivity contribution >= 4 is 27.5 Å². The molecule has 3 N–H and O–H groups in total. The molecule has 2 rings (SSSR count). The number of ether oxygens (including phenoxy) is 1. The minimum atomic E-state index is -0.319. The SMILES string of the molecule is CC1CN(C(=O)c2ccc(Br)c(N)c2)CC(CO)O1. The first-order valence-electron chi connectivity index (χ1n) is 6.12. The van der Waals surface area contributed by atoms with Crippen molar-refractivity contribution in [2.45, 2.75) is 19.1 Å². The van der Waals surface area contributed by atoms with E-state index in [1.807, 2.05) is 6.92 Å². The highest BCUT2D eigenvalue weighted by atomic mass is 79.9. The number of hydrogen-bond donors (Lipinski definition) is 2. The topological polar surface area (TPSA) is 75.8 Å². The Morgan fingerprint density at radius 3 is 2.95 bits per heavy atom. The number of aliphatic hydroxyl groups excluding tert-OH is 1. The number of halogens is 1. The second-order valence-corrected chi connectivity index (χ2v) is 5.55. The Balaban J connectivity index is 2.16. The van der Waals surface area contributed by atoms with Crippen molar-refractivity contribution in [3.05, 3.63) is 28.2 Å². The van der Waals surface area contributed by atoms with Crippen molar-refractivity contribution in [1.29, 1.82) is 0 Å². The number of nitrogen functional groups attached to an aromatic ring is 1. The number of carbonyl (C=O) groups is 1.